The van der Waals surface area contributed by atoms with Crippen molar-refractivity contribution < 1.29 is 9.59 Å². The Hall–Kier alpha value is -1.07. The van der Waals surface area contributed by atoms with E-state index in [1.807, 2.05) is 13.8 Å². The van der Waals surface area contributed by atoms with Crippen LogP contribution >= 0.6 is 27.5 Å². The Labute approximate surface area is 126 Å². The lowest BCUT2D eigenvalue weighted by Gasteiger charge is -2.09. The maximum atomic E-state index is 11.8. The predicted molar refractivity (Wildman–Crippen MR) is 79.4 cm³/mol. The molecule has 0 heterocycles. The third kappa shape index (κ3) is 5.61. The second-order valence-corrected chi connectivity index (χ2v) is 5.62. The third-order valence-electron chi connectivity index (χ3n) is 2.27. The van der Waals surface area contributed by atoms with Crippen molar-refractivity contribution in [1.29, 1.82) is 0 Å². The maximum absolute atomic E-state index is 11.8. The number of carbonyl (C=O) groups is 2. The fraction of sp³-hybridized carbons (Fsp3) is 0.385. The van der Waals surface area contributed by atoms with Gasteiger partial charge in [0.15, 0.2) is 0 Å². The van der Waals surface area contributed by atoms with Crippen molar-refractivity contribution in [1.82, 2.24) is 10.6 Å². The number of hydrogen-bond acceptors (Lipinski definition) is 2. The number of halogens is 2. The van der Waals surface area contributed by atoms with Crippen LogP contribution in [-0.4, -0.2) is 24.4 Å². The van der Waals surface area contributed by atoms with E-state index in [1.165, 1.54) is 0 Å². The molecule has 1 aromatic carbocycles. The monoisotopic (exact) mass is 346 g/mol. The van der Waals surface area contributed by atoms with Gasteiger partial charge < -0.3 is 10.6 Å². The molecule has 0 aromatic heterocycles. The summed E-state index contributed by atoms with van der Waals surface area (Å²) in [5.41, 5.74) is 0.501. The normalized spacial score (nSPS) is 10.4. The van der Waals surface area contributed by atoms with Crippen LogP contribution in [0.2, 0.25) is 5.02 Å². The molecule has 0 unspecified atom stereocenters. The van der Waals surface area contributed by atoms with Gasteiger partial charge in [-0.05, 0) is 48.0 Å². The van der Waals surface area contributed by atoms with E-state index in [-0.39, 0.29) is 24.3 Å². The summed E-state index contributed by atoms with van der Waals surface area (Å²) in [6.45, 7) is 4.08. The first kappa shape index (κ1) is 16.0. The maximum Gasteiger partial charge on any atom is 0.251 e. The third-order valence-corrected chi connectivity index (χ3v) is 3.48. The molecule has 0 aliphatic heterocycles. The Morgan fingerprint density at radius 1 is 1.37 bits per heavy atom. The average molecular weight is 348 g/mol. The number of benzene rings is 1. The number of amides is 2. The highest BCUT2D eigenvalue weighted by molar-refractivity contribution is 9.10. The summed E-state index contributed by atoms with van der Waals surface area (Å²) in [5.74, 6) is -0.303. The van der Waals surface area contributed by atoms with Crippen LogP contribution in [0.4, 0.5) is 0 Å². The lowest BCUT2D eigenvalue weighted by atomic mass is 10.2. The van der Waals surface area contributed by atoms with Crippen molar-refractivity contribution in [2.24, 2.45) is 0 Å². The largest absolute Gasteiger partial charge is 0.354 e. The molecule has 19 heavy (non-hydrogen) atoms. The van der Waals surface area contributed by atoms with E-state index in [4.69, 9.17) is 11.6 Å². The summed E-state index contributed by atoms with van der Waals surface area (Å²) in [7, 11) is 0. The van der Waals surface area contributed by atoms with Gasteiger partial charge in [0.25, 0.3) is 5.91 Å². The minimum Gasteiger partial charge on any atom is -0.354 e. The Kier molecular flexibility index (Phi) is 6.31. The molecule has 0 spiro atoms. The smallest absolute Gasteiger partial charge is 0.251 e. The van der Waals surface area contributed by atoms with E-state index in [0.29, 0.717) is 21.6 Å². The highest BCUT2D eigenvalue weighted by atomic mass is 79.9. The van der Waals surface area contributed by atoms with Crippen molar-refractivity contribution in [2.45, 2.75) is 26.3 Å². The van der Waals surface area contributed by atoms with Crippen LogP contribution in [0.3, 0.4) is 0 Å². The van der Waals surface area contributed by atoms with Crippen LogP contribution in [0, 0.1) is 0 Å². The lowest BCUT2D eigenvalue weighted by Crippen LogP contribution is -2.34. The Balaban J connectivity index is 2.43. The predicted octanol–water partition coefficient (Wildman–Crippen LogP) is 2.75. The Bertz CT molecular complexity index is 478. The zero-order valence-electron chi connectivity index (χ0n) is 10.8. The van der Waals surface area contributed by atoms with Gasteiger partial charge in [-0.3, -0.25) is 9.59 Å². The van der Waals surface area contributed by atoms with Crippen molar-refractivity contribution in [3.63, 3.8) is 0 Å². The Morgan fingerprint density at radius 2 is 2.05 bits per heavy atom. The van der Waals surface area contributed by atoms with E-state index in [9.17, 15) is 9.59 Å². The van der Waals surface area contributed by atoms with Crippen molar-refractivity contribution in [2.75, 3.05) is 6.54 Å². The van der Waals surface area contributed by atoms with E-state index >= 15 is 0 Å². The molecule has 104 valence electrons. The molecule has 2 amide bonds. The molecular formula is C13H16BrClN2O2. The van der Waals surface area contributed by atoms with Crippen molar-refractivity contribution in [3.05, 3.63) is 33.3 Å². The van der Waals surface area contributed by atoms with Crippen LogP contribution in [0.25, 0.3) is 0 Å². The molecule has 0 saturated carbocycles. The first-order valence-electron chi connectivity index (χ1n) is 5.92. The van der Waals surface area contributed by atoms with Crippen LogP contribution < -0.4 is 10.6 Å². The van der Waals surface area contributed by atoms with Gasteiger partial charge in [-0.15, -0.1) is 0 Å². The summed E-state index contributed by atoms with van der Waals surface area (Å²) in [6.07, 6.45) is 0.263. The summed E-state index contributed by atoms with van der Waals surface area (Å²) in [6, 6.07) is 5.03. The number of rotatable bonds is 5. The molecule has 1 rings (SSSR count). The van der Waals surface area contributed by atoms with E-state index < -0.39 is 0 Å². The average Bonchev–Trinajstić information content (AvgIpc) is 2.31. The fourth-order valence-electron chi connectivity index (χ4n) is 1.42. The fourth-order valence-corrected chi connectivity index (χ4v) is 1.92. The topological polar surface area (TPSA) is 58.2 Å². The highest BCUT2D eigenvalue weighted by Crippen LogP contribution is 2.23. The van der Waals surface area contributed by atoms with E-state index in [1.54, 1.807) is 18.2 Å². The molecule has 0 bridgehead atoms. The minimum absolute atomic E-state index is 0.0763. The van der Waals surface area contributed by atoms with Gasteiger partial charge in [-0.2, -0.15) is 0 Å². The van der Waals surface area contributed by atoms with Gasteiger partial charge in [0, 0.05) is 29.0 Å². The molecule has 2 N–H and O–H groups in total. The van der Waals surface area contributed by atoms with E-state index in [2.05, 4.69) is 26.6 Å². The van der Waals surface area contributed by atoms with Gasteiger partial charge in [0.05, 0.1) is 5.02 Å². The zero-order chi connectivity index (χ0) is 14.4. The van der Waals surface area contributed by atoms with Gasteiger partial charge in [-0.1, -0.05) is 11.6 Å². The van der Waals surface area contributed by atoms with Gasteiger partial charge in [0.1, 0.15) is 0 Å². The van der Waals surface area contributed by atoms with E-state index in [0.717, 1.165) is 0 Å². The summed E-state index contributed by atoms with van der Waals surface area (Å²) in [5, 5.41) is 5.99. The highest BCUT2D eigenvalue weighted by Gasteiger charge is 2.08. The molecule has 0 aliphatic carbocycles. The second-order valence-electron chi connectivity index (χ2n) is 4.36. The molecular weight excluding hydrogens is 332 g/mol. The first-order chi connectivity index (χ1) is 8.90. The number of nitrogens with one attached hydrogen (secondary N) is 2. The van der Waals surface area contributed by atoms with Crippen LogP contribution in [-0.2, 0) is 4.79 Å². The minimum atomic E-state index is -0.227. The van der Waals surface area contributed by atoms with Crippen LogP contribution in [0.1, 0.15) is 30.6 Å². The van der Waals surface area contributed by atoms with Crippen LogP contribution in [0.5, 0.6) is 0 Å². The molecule has 1 aromatic rings. The molecule has 6 heteroatoms. The quantitative estimate of drug-likeness (QED) is 0.860. The SMILES string of the molecule is CC(C)NC(=O)CCNC(=O)c1ccc(Cl)c(Br)c1. The van der Waals surface area contributed by atoms with Crippen molar-refractivity contribution in [3.8, 4) is 0 Å². The van der Waals surface area contributed by atoms with Crippen molar-refractivity contribution >= 4 is 39.3 Å². The number of hydrogen-bond donors (Lipinski definition) is 2. The van der Waals surface area contributed by atoms with Gasteiger partial charge in [0.2, 0.25) is 5.91 Å². The van der Waals surface area contributed by atoms with Gasteiger partial charge in [-0.25, -0.2) is 0 Å². The summed E-state index contributed by atoms with van der Waals surface area (Å²) < 4.78 is 0.666. The zero-order valence-corrected chi connectivity index (χ0v) is 13.1. The van der Waals surface area contributed by atoms with Gasteiger partial charge >= 0.3 is 0 Å². The molecule has 0 aliphatic rings. The molecule has 0 radical (unpaired) electrons. The van der Waals surface area contributed by atoms with Crippen LogP contribution in [0.15, 0.2) is 22.7 Å². The molecule has 4 nitrogen and oxygen atoms in total. The molecule has 0 atom stereocenters. The second kappa shape index (κ2) is 7.50. The Morgan fingerprint density at radius 3 is 2.63 bits per heavy atom. The standard InChI is InChI=1S/C13H16BrClN2O2/c1-8(2)17-12(18)5-6-16-13(19)9-3-4-11(15)10(14)7-9/h3-4,7-8H,5-6H2,1-2H3,(H,16,19)(H,17,18). The number of carbonyl (C=O) groups excluding carboxylic acids is 2. The summed E-state index contributed by atoms with van der Waals surface area (Å²) in [4.78, 5) is 23.2. The first-order valence-corrected chi connectivity index (χ1v) is 7.10. The molecule has 0 fully saturated rings. The lowest BCUT2D eigenvalue weighted by molar-refractivity contribution is -0.121. The summed E-state index contributed by atoms with van der Waals surface area (Å²) >= 11 is 9.10. The molecule has 0 saturated heterocycles.